The summed E-state index contributed by atoms with van der Waals surface area (Å²) >= 11 is 0. The Morgan fingerprint density at radius 3 is 1.95 bits per heavy atom. The molecule has 0 atom stereocenters. The van der Waals surface area contributed by atoms with Crippen LogP contribution in [0, 0.1) is 17.5 Å². The summed E-state index contributed by atoms with van der Waals surface area (Å²) in [6, 6.07) is 2.17. The highest BCUT2D eigenvalue weighted by Gasteiger charge is 2.36. The minimum Gasteiger partial charge on any atom is -0.377 e. The largest absolute Gasteiger partial charge is 0.500 e. The summed E-state index contributed by atoms with van der Waals surface area (Å²) in [6.45, 7) is 0. The second-order valence-corrected chi connectivity index (χ2v) is 7.80. The van der Waals surface area contributed by atoms with Crippen molar-refractivity contribution in [2.24, 2.45) is 0 Å². The van der Waals surface area contributed by atoms with Gasteiger partial charge in [0.1, 0.15) is 5.82 Å². The molecule has 0 bridgehead atoms. The first-order valence-corrected chi connectivity index (χ1v) is 8.70. The number of aryl methyl sites for hydroxylation is 1. The first-order chi connectivity index (χ1) is 9.98. The van der Waals surface area contributed by atoms with Gasteiger partial charge in [0.15, 0.2) is 11.6 Å². The molecule has 120 valence electrons. The maximum atomic E-state index is 13.4. The number of hydrogen-bond acceptors (Lipinski definition) is 3. The Labute approximate surface area is 124 Å². The van der Waals surface area contributed by atoms with Crippen molar-refractivity contribution in [1.82, 2.24) is 0 Å². The van der Waals surface area contributed by atoms with Gasteiger partial charge in [0.05, 0.1) is 0 Å². The fraction of sp³-hybridized carbons (Fsp3) is 0.571. The van der Waals surface area contributed by atoms with Crippen molar-refractivity contribution >= 4 is 8.80 Å². The molecule has 0 fully saturated rings. The highest BCUT2D eigenvalue weighted by Crippen LogP contribution is 2.19. The van der Waals surface area contributed by atoms with E-state index < -0.39 is 26.3 Å². The zero-order valence-corrected chi connectivity index (χ0v) is 13.5. The van der Waals surface area contributed by atoms with Crippen LogP contribution in [0.4, 0.5) is 13.2 Å². The van der Waals surface area contributed by atoms with Crippen LogP contribution < -0.4 is 0 Å². The van der Waals surface area contributed by atoms with Crippen LogP contribution in [0.5, 0.6) is 0 Å². The van der Waals surface area contributed by atoms with E-state index in [1.165, 1.54) is 0 Å². The first kappa shape index (κ1) is 18.2. The van der Waals surface area contributed by atoms with Crippen LogP contribution in [-0.4, -0.2) is 30.1 Å². The topological polar surface area (TPSA) is 27.7 Å². The number of benzene rings is 1. The Morgan fingerprint density at radius 1 is 0.810 bits per heavy atom. The van der Waals surface area contributed by atoms with E-state index in [-0.39, 0.29) is 5.56 Å². The standard InChI is InChI=1S/C14H21F3O3Si/c1-18-21(19-2,20-3)8-6-4-5-7-11-9-13(16)14(17)10-12(11)15/h9-10H,4-8H2,1-3H3. The smallest absolute Gasteiger partial charge is 0.377 e. The molecule has 0 N–H and O–H groups in total. The van der Waals surface area contributed by atoms with Gasteiger partial charge in [0, 0.05) is 33.4 Å². The van der Waals surface area contributed by atoms with E-state index in [9.17, 15) is 13.2 Å². The lowest BCUT2D eigenvalue weighted by atomic mass is 10.1. The summed E-state index contributed by atoms with van der Waals surface area (Å²) in [6.07, 6.45) is 2.63. The Hall–Kier alpha value is -0.893. The number of hydrogen-bond donors (Lipinski definition) is 0. The lowest BCUT2D eigenvalue weighted by Gasteiger charge is -2.24. The molecule has 0 unspecified atom stereocenters. The van der Waals surface area contributed by atoms with Crippen molar-refractivity contribution in [2.45, 2.75) is 31.7 Å². The van der Waals surface area contributed by atoms with Gasteiger partial charge < -0.3 is 13.3 Å². The minimum atomic E-state index is -2.56. The normalized spacial score (nSPS) is 11.9. The lowest BCUT2D eigenvalue weighted by Crippen LogP contribution is -2.42. The Morgan fingerprint density at radius 2 is 1.38 bits per heavy atom. The average molecular weight is 322 g/mol. The molecule has 0 heterocycles. The van der Waals surface area contributed by atoms with Crippen molar-refractivity contribution in [3.05, 3.63) is 35.1 Å². The molecule has 1 rings (SSSR count). The van der Waals surface area contributed by atoms with Crippen molar-refractivity contribution in [1.29, 1.82) is 0 Å². The van der Waals surface area contributed by atoms with Gasteiger partial charge in [-0.15, -0.1) is 0 Å². The van der Waals surface area contributed by atoms with Crippen LogP contribution in [0.1, 0.15) is 24.8 Å². The molecule has 7 heteroatoms. The van der Waals surface area contributed by atoms with Crippen LogP contribution in [-0.2, 0) is 19.7 Å². The van der Waals surface area contributed by atoms with Gasteiger partial charge in [-0.1, -0.05) is 6.42 Å². The van der Waals surface area contributed by atoms with Crippen LogP contribution in [0.2, 0.25) is 6.04 Å². The van der Waals surface area contributed by atoms with Crippen molar-refractivity contribution in [3.8, 4) is 0 Å². The predicted molar refractivity (Wildman–Crippen MR) is 75.5 cm³/mol. The van der Waals surface area contributed by atoms with Gasteiger partial charge in [-0.05, 0) is 30.9 Å². The number of unbranched alkanes of at least 4 members (excludes halogenated alkanes) is 2. The van der Waals surface area contributed by atoms with Crippen LogP contribution in [0.25, 0.3) is 0 Å². The van der Waals surface area contributed by atoms with Crippen molar-refractivity contribution < 1.29 is 26.4 Å². The maximum Gasteiger partial charge on any atom is 0.500 e. The summed E-state index contributed by atoms with van der Waals surface area (Å²) in [5.41, 5.74) is 0.197. The van der Waals surface area contributed by atoms with E-state index in [0.717, 1.165) is 18.9 Å². The molecular formula is C14H21F3O3Si. The van der Waals surface area contributed by atoms with E-state index in [1.807, 2.05) is 0 Å². The molecule has 0 radical (unpaired) electrons. The Balaban J connectivity index is 2.40. The summed E-state index contributed by atoms with van der Waals surface area (Å²) in [7, 11) is 2.10. The Kier molecular flexibility index (Phi) is 7.37. The first-order valence-electron chi connectivity index (χ1n) is 6.77. The van der Waals surface area contributed by atoms with Gasteiger partial charge in [-0.3, -0.25) is 0 Å². The summed E-state index contributed by atoms with van der Waals surface area (Å²) in [4.78, 5) is 0. The second-order valence-electron chi connectivity index (χ2n) is 4.71. The third kappa shape index (κ3) is 5.10. The highest BCUT2D eigenvalue weighted by atomic mass is 28.4. The molecule has 0 spiro atoms. The predicted octanol–water partition coefficient (Wildman–Crippen LogP) is 3.69. The van der Waals surface area contributed by atoms with Gasteiger partial charge in [0.2, 0.25) is 0 Å². The van der Waals surface area contributed by atoms with Crippen LogP contribution >= 0.6 is 0 Å². The molecule has 0 aliphatic heterocycles. The lowest BCUT2D eigenvalue weighted by molar-refractivity contribution is 0.122. The van der Waals surface area contributed by atoms with E-state index in [4.69, 9.17) is 13.3 Å². The molecule has 0 saturated carbocycles. The third-order valence-corrected chi connectivity index (χ3v) is 6.28. The third-order valence-electron chi connectivity index (χ3n) is 3.45. The molecule has 0 aliphatic rings. The van der Waals surface area contributed by atoms with E-state index in [2.05, 4.69) is 0 Å². The van der Waals surface area contributed by atoms with E-state index in [0.29, 0.717) is 25.0 Å². The quantitative estimate of drug-likeness (QED) is 0.394. The summed E-state index contributed by atoms with van der Waals surface area (Å²) in [5.74, 6) is -2.88. The zero-order valence-electron chi connectivity index (χ0n) is 12.5. The summed E-state index contributed by atoms with van der Waals surface area (Å²) in [5, 5.41) is 0. The molecule has 0 aliphatic carbocycles. The van der Waals surface area contributed by atoms with Crippen LogP contribution in [0.15, 0.2) is 12.1 Å². The van der Waals surface area contributed by atoms with E-state index in [1.54, 1.807) is 21.3 Å². The number of halogens is 3. The maximum absolute atomic E-state index is 13.4. The van der Waals surface area contributed by atoms with Crippen LogP contribution in [0.3, 0.4) is 0 Å². The fourth-order valence-corrected chi connectivity index (χ4v) is 3.94. The monoisotopic (exact) mass is 322 g/mol. The van der Waals surface area contributed by atoms with Crippen molar-refractivity contribution in [2.75, 3.05) is 21.3 Å². The minimum absolute atomic E-state index is 0.197. The van der Waals surface area contributed by atoms with Gasteiger partial charge in [0.25, 0.3) is 0 Å². The van der Waals surface area contributed by atoms with Gasteiger partial charge in [-0.2, -0.15) is 0 Å². The van der Waals surface area contributed by atoms with Gasteiger partial charge >= 0.3 is 8.80 Å². The van der Waals surface area contributed by atoms with Gasteiger partial charge in [-0.25, -0.2) is 13.2 Å². The molecular weight excluding hydrogens is 301 g/mol. The molecule has 0 amide bonds. The van der Waals surface area contributed by atoms with E-state index >= 15 is 0 Å². The Bertz CT molecular complexity index is 445. The molecule has 1 aromatic carbocycles. The van der Waals surface area contributed by atoms with Crippen molar-refractivity contribution in [3.63, 3.8) is 0 Å². The highest BCUT2D eigenvalue weighted by molar-refractivity contribution is 6.60. The zero-order chi connectivity index (χ0) is 15.9. The average Bonchev–Trinajstić information content (AvgIpc) is 2.48. The molecule has 3 nitrogen and oxygen atoms in total. The second kappa shape index (κ2) is 8.53. The number of rotatable bonds is 9. The molecule has 0 aromatic heterocycles. The summed E-state index contributed by atoms with van der Waals surface area (Å²) < 4.78 is 55.2. The molecule has 21 heavy (non-hydrogen) atoms. The molecule has 1 aromatic rings. The SMILES string of the molecule is CO[Si](CCCCCc1cc(F)c(F)cc1F)(OC)OC. The fourth-order valence-electron chi connectivity index (χ4n) is 2.15. The molecule has 0 saturated heterocycles.